The van der Waals surface area contributed by atoms with Crippen LogP contribution in [0.5, 0.6) is 0 Å². The summed E-state index contributed by atoms with van der Waals surface area (Å²) < 4.78 is 0. The van der Waals surface area contributed by atoms with Crippen molar-refractivity contribution in [3.63, 3.8) is 0 Å². The van der Waals surface area contributed by atoms with Gasteiger partial charge in [-0.25, -0.2) is 0 Å². The molecule has 0 bridgehead atoms. The van der Waals surface area contributed by atoms with Gasteiger partial charge in [0.25, 0.3) is 0 Å². The monoisotopic (exact) mass is 216 g/mol. The third-order valence-corrected chi connectivity index (χ3v) is 2.92. The number of hydrogen-bond donors (Lipinski definition) is 1. The molecule has 1 aromatic carbocycles. The molecule has 16 heavy (non-hydrogen) atoms. The fourth-order valence-electron chi connectivity index (χ4n) is 2.06. The Kier molecular flexibility index (Phi) is 2.95. The molecule has 0 fully saturated rings. The van der Waals surface area contributed by atoms with Crippen LogP contribution in [0, 0.1) is 0 Å². The van der Waals surface area contributed by atoms with Crippen molar-refractivity contribution in [2.24, 2.45) is 0 Å². The van der Waals surface area contributed by atoms with Gasteiger partial charge in [-0.05, 0) is 19.9 Å². The van der Waals surface area contributed by atoms with Crippen molar-refractivity contribution in [3.05, 3.63) is 29.8 Å². The van der Waals surface area contributed by atoms with E-state index in [4.69, 9.17) is 0 Å². The molecule has 0 aliphatic rings. The SMILES string of the molecule is CCN(CC)c1[nH]c2ccccc2c1C=O. The molecule has 1 heterocycles. The maximum atomic E-state index is 11.2. The third-order valence-electron chi connectivity index (χ3n) is 2.92. The lowest BCUT2D eigenvalue weighted by molar-refractivity contribution is 0.112. The molecule has 1 aromatic heterocycles. The van der Waals surface area contributed by atoms with E-state index >= 15 is 0 Å². The number of nitrogens with one attached hydrogen (secondary N) is 1. The second-order valence-electron chi connectivity index (χ2n) is 3.72. The molecule has 0 aliphatic heterocycles. The van der Waals surface area contributed by atoms with Gasteiger partial charge in [0.15, 0.2) is 6.29 Å². The summed E-state index contributed by atoms with van der Waals surface area (Å²) in [6.45, 7) is 5.96. The van der Waals surface area contributed by atoms with Crippen molar-refractivity contribution in [1.82, 2.24) is 4.98 Å². The van der Waals surface area contributed by atoms with Crippen molar-refractivity contribution >= 4 is 23.0 Å². The Balaban J connectivity index is 2.64. The third kappa shape index (κ3) is 1.58. The molecule has 2 rings (SSSR count). The van der Waals surface area contributed by atoms with Crippen LogP contribution >= 0.6 is 0 Å². The Bertz CT molecular complexity index is 498. The summed E-state index contributed by atoms with van der Waals surface area (Å²) in [7, 11) is 0. The number of benzene rings is 1. The van der Waals surface area contributed by atoms with E-state index in [-0.39, 0.29) is 0 Å². The molecule has 0 spiro atoms. The number of H-pyrrole nitrogens is 1. The van der Waals surface area contributed by atoms with E-state index < -0.39 is 0 Å². The summed E-state index contributed by atoms with van der Waals surface area (Å²) in [5.41, 5.74) is 1.78. The Hall–Kier alpha value is -1.77. The second-order valence-corrected chi connectivity index (χ2v) is 3.72. The van der Waals surface area contributed by atoms with E-state index in [0.717, 1.165) is 41.7 Å². The van der Waals surface area contributed by atoms with E-state index in [0.29, 0.717) is 0 Å². The first-order valence-corrected chi connectivity index (χ1v) is 5.62. The van der Waals surface area contributed by atoms with Gasteiger partial charge in [-0.15, -0.1) is 0 Å². The molecule has 0 radical (unpaired) electrons. The topological polar surface area (TPSA) is 36.1 Å². The van der Waals surface area contributed by atoms with Gasteiger partial charge in [-0.1, -0.05) is 18.2 Å². The summed E-state index contributed by atoms with van der Waals surface area (Å²) >= 11 is 0. The van der Waals surface area contributed by atoms with Crippen molar-refractivity contribution in [2.75, 3.05) is 18.0 Å². The van der Waals surface area contributed by atoms with Crippen LogP contribution in [-0.4, -0.2) is 24.4 Å². The van der Waals surface area contributed by atoms with Crippen molar-refractivity contribution < 1.29 is 4.79 Å². The highest BCUT2D eigenvalue weighted by molar-refractivity contribution is 6.03. The van der Waals surface area contributed by atoms with Crippen LogP contribution in [0.4, 0.5) is 5.82 Å². The summed E-state index contributed by atoms with van der Waals surface area (Å²) in [5, 5.41) is 0.999. The highest BCUT2D eigenvalue weighted by Gasteiger charge is 2.13. The van der Waals surface area contributed by atoms with Gasteiger partial charge >= 0.3 is 0 Å². The normalized spacial score (nSPS) is 10.6. The van der Waals surface area contributed by atoms with Gasteiger partial charge in [0.05, 0.1) is 5.56 Å². The minimum absolute atomic E-state index is 0.763. The van der Waals surface area contributed by atoms with Gasteiger partial charge in [0.1, 0.15) is 5.82 Å². The highest BCUT2D eigenvalue weighted by atomic mass is 16.1. The summed E-state index contributed by atoms with van der Waals surface area (Å²) in [4.78, 5) is 16.7. The lowest BCUT2D eigenvalue weighted by Gasteiger charge is -2.19. The summed E-state index contributed by atoms with van der Waals surface area (Å²) in [6, 6.07) is 7.90. The number of aldehydes is 1. The molecule has 2 aromatic rings. The molecule has 0 saturated heterocycles. The standard InChI is InChI=1S/C13H16N2O/c1-3-15(4-2)13-11(9-16)10-7-5-6-8-12(10)14-13/h5-9,14H,3-4H2,1-2H3. The number of aromatic nitrogens is 1. The quantitative estimate of drug-likeness (QED) is 0.798. The highest BCUT2D eigenvalue weighted by Crippen LogP contribution is 2.27. The summed E-state index contributed by atoms with van der Waals surface area (Å²) in [6.07, 6.45) is 0.937. The van der Waals surface area contributed by atoms with Gasteiger partial charge in [-0.2, -0.15) is 0 Å². The van der Waals surface area contributed by atoms with Crippen molar-refractivity contribution in [3.8, 4) is 0 Å². The zero-order valence-corrected chi connectivity index (χ0v) is 9.66. The maximum absolute atomic E-state index is 11.2. The number of aromatic amines is 1. The number of para-hydroxylation sites is 1. The number of nitrogens with zero attached hydrogens (tertiary/aromatic N) is 1. The number of carbonyl (C=O) groups is 1. The first-order chi connectivity index (χ1) is 7.81. The Morgan fingerprint density at radius 1 is 1.25 bits per heavy atom. The number of rotatable bonds is 4. The lowest BCUT2D eigenvalue weighted by atomic mass is 10.2. The molecule has 3 heteroatoms. The predicted molar refractivity (Wildman–Crippen MR) is 67.2 cm³/mol. The van der Waals surface area contributed by atoms with Gasteiger partial charge in [0, 0.05) is 24.0 Å². The van der Waals surface area contributed by atoms with E-state index in [9.17, 15) is 4.79 Å². The number of anilines is 1. The molecule has 0 amide bonds. The molecular weight excluding hydrogens is 200 g/mol. The van der Waals surface area contributed by atoms with E-state index in [1.54, 1.807) is 0 Å². The van der Waals surface area contributed by atoms with E-state index in [1.165, 1.54) is 0 Å². The fraction of sp³-hybridized carbons (Fsp3) is 0.308. The predicted octanol–water partition coefficient (Wildman–Crippen LogP) is 2.83. The van der Waals surface area contributed by atoms with Crippen LogP contribution in [0.3, 0.4) is 0 Å². The smallest absolute Gasteiger partial charge is 0.154 e. The molecule has 0 unspecified atom stereocenters. The zero-order chi connectivity index (χ0) is 11.5. The van der Waals surface area contributed by atoms with Gasteiger partial charge in [-0.3, -0.25) is 4.79 Å². The van der Waals surface area contributed by atoms with E-state index in [2.05, 4.69) is 23.7 Å². The minimum Gasteiger partial charge on any atom is -0.358 e. The fourth-order valence-corrected chi connectivity index (χ4v) is 2.06. The molecule has 0 saturated carbocycles. The minimum atomic E-state index is 0.763. The summed E-state index contributed by atoms with van der Waals surface area (Å²) in [5.74, 6) is 0.932. The Morgan fingerprint density at radius 3 is 2.56 bits per heavy atom. The first-order valence-electron chi connectivity index (χ1n) is 5.62. The molecule has 1 N–H and O–H groups in total. The van der Waals surface area contributed by atoms with Crippen LogP contribution < -0.4 is 4.90 Å². The number of hydrogen-bond acceptors (Lipinski definition) is 2. The van der Waals surface area contributed by atoms with E-state index in [1.807, 2.05) is 24.3 Å². The number of fused-ring (bicyclic) bond motifs is 1. The maximum Gasteiger partial charge on any atom is 0.154 e. The van der Waals surface area contributed by atoms with Crippen LogP contribution in [0.25, 0.3) is 10.9 Å². The second kappa shape index (κ2) is 4.39. The van der Waals surface area contributed by atoms with Crippen LogP contribution in [0.2, 0.25) is 0 Å². The zero-order valence-electron chi connectivity index (χ0n) is 9.66. The largest absolute Gasteiger partial charge is 0.358 e. The number of carbonyl (C=O) groups excluding carboxylic acids is 1. The van der Waals surface area contributed by atoms with Crippen molar-refractivity contribution in [2.45, 2.75) is 13.8 Å². The molecule has 84 valence electrons. The first kappa shape index (κ1) is 10.7. The molecule has 0 atom stereocenters. The van der Waals surface area contributed by atoms with Crippen LogP contribution in [-0.2, 0) is 0 Å². The Labute approximate surface area is 95.1 Å². The lowest BCUT2D eigenvalue weighted by Crippen LogP contribution is -2.23. The van der Waals surface area contributed by atoms with Gasteiger partial charge in [0.2, 0.25) is 0 Å². The van der Waals surface area contributed by atoms with Crippen LogP contribution in [0.1, 0.15) is 24.2 Å². The average Bonchev–Trinajstić information content (AvgIpc) is 2.69. The molecular formula is C13H16N2O. The van der Waals surface area contributed by atoms with Crippen LogP contribution in [0.15, 0.2) is 24.3 Å². The average molecular weight is 216 g/mol. The Morgan fingerprint density at radius 2 is 1.94 bits per heavy atom. The molecule has 3 nitrogen and oxygen atoms in total. The molecule has 0 aliphatic carbocycles. The van der Waals surface area contributed by atoms with Crippen molar-refractivity contribution in [1.29, 1.82) is 0 Å². The van der Waals surface area contributed by atoms with Gasteiger partial charge < -0.3 is 9.88 Å².